The maximum Gasteiger partial charge on any atom is 0.223 e. The number of nitrogens with one attached hydrogen (secondary N) is 2. The van der Waals surface area contributed by atoms with Crippen LogP contribution in [-0.4, -0.2) is 16.5 Å². The highest BCUT2D eigenvalue weighted by atomic mass is 79.9. The lowest BCUT2D eigenvalue weighted by atomic mass is 10.2. The van der Waals surface area contributed by atoms with E-state index in [0.29, 0.717) is 5.82 Å². The summed E-state index contributed by atoms with van der Waals surface area (Å²) >= 11 is 3.56. The van der Waals surface area contributed by atoms with E-state index < -0.39 is 0 Å². The fraction of sp³-hybridized carbons (Fsp3) is 0.286. The number of benzene rings is 1. The van der Waals surface area contributed by atoms with Crippen LogP contribution in [0.5, 0.6) is 0 Å². The Morgan fingerprint density at radius 2 is 2.00 bits per heavy atom. The van der Waals surface area contributed by atoms with Gasteiger partial charge in [-0.3, -0.25) is 0 Å². The fourth-order valence-electron chi connectivity index (χ4n) is 1.76. The van der Waals surface area contributed by atoms with Crippen LogP contribution in [0.25, 0.3) is 0 Å². The summed E-state index contributed by atoms with van der Waals surface area (Å²) in [7, 11) is 0. The van der Waals surface area contributed by atoms with E-state index in [1.807, 2.05) is 31.2 Å². The van der Waals surface area contributed by atoms with E-state index in [-0.39, 0.29) is 5.95 Å². The highest BCUT2D eigenvalue weighted by Crippen LogP contribution is 2.28. The third-order valence-corrected chi connectivity index (χ3v) is 3.81. The van der Waals surface area contributed by atoms with Crippen LogP contribution in [0.15, 0.2) is 28.7 Å². The van der Waals surface area contributed by atoms with E-state index in [1.165, 1.54) is 0 Å². The molecule has 0 amide bonds. The molecule has 0 aliphatic heterocycles. The number of rotatable bonds is 5. The Bertz CT molecular complexity index is 600. The number of aromatic nitrogens is 2. The highest BCUT2D eigenvalue weighted by molar-refractivity contribution is 9.10. The molecule has 1 aromatic heterocycles. The maximum absolute atomic E-state index is 5.74. The second kappa shape index (κ2) is 6.56. The van der Waals surface area contributed by atoms with Crippen molar-refractivity contribution in [3.05, 3.63) is 34.3 Å². The number of hydrogen-bond acceptors (Lipinski definition) is 5. The van der Waals surface area contributed by atoms with Gasteiger partial charge < -0.3 is 16.4 Å². The van der Waals surface area contributed by atoms with Crippen LogP contribution in [-0.2, 0) is 0 Å². The SMILES string of the molecule is CCCNc1cc(Nc2cccc(C)c2Br)nc(N)n1. The third-order valence-electron chi connectivity index (χ3n) is 2.75. The topological polar surface area (TPSA) is 75.9 Å². The molecule has 2 aromatic rings. The third kappa shape index (κ3) is 3.60. The summed E-state index contributed by atoms with van der Waals surface area (Å²) in [6, 6.07) is 7.86. The summed E-state index contributed by atoms with van der Waals surface area (Å²) in [5, 5.41) is 6.46. The number of aryl methyl sites for hydroxylation is 1. The minimum Gasteiger partial charge on any atom is -0.370 e. The van der Waals surface area contributed by atoms with E-state index >= 15 is 0 Å². The fourth-order valence-corrected chi connectivity index (χ4v) is 2.12. The molecule has 20 heavy (non-hydrogen) atoms. The molecule has 0 saturated heterocycles. The molecule has 1 aromatic carbocycles. The first-order valence-corrected chi connectivity index (χ1v) is 7.30. The molecule has 0 fully saturated rings. The molecule has 2 rings (SSSR count). The molecule has 0 atom stereocenters. The van der Waals surface area contributed by atoms with Gasteiger partial charge >= 0.3 is 0 Å². The zero-order valence-corrected chi connectivity index (χ0v) is 13.2. The Morgan fingerprint density at radius 1 is 1.25 bits per heavy atom. The molecular weight excluding hydrogens is 318 g/mol. The Balaban J connectivity index is 2.24. The number of nitrogen functional groups attached to an aromatic ring is 1. The van der Waals surface area contributed by atoms with Crippen LogP contribution in [0.2, 0.25) is 0 Å². The lowest BCUT2D eigenvalue weighted by Crippen LogP contribution is -2.07. The second-order valence-electron chi connectivity index (χ2n) is 4.48. The molecule has 0 spiro atoms. The lowest BCUT2D eigenvalue weighted by Gasteiger charge is -2.11. The lowest BCUT2D eigenvalue weighted by molar-refractivity contribution is 0.967. The van der Waals surface area contributed by atoms with Gasteiger partial charge in [-0.15, -0.1) is 0 Å². The van der Waals surface area contributed by atoms with Gasteiger partial charge in [0.15, 0.2) is 0 Å². The molecule has 0 radical (unpaired) electrons. The summed E-state index contributed by atoms with van der Waals surface area (Å²) in [6.45, 7) is 4.99. The smallest absolute Gasteiger partial charge is 0.223 e. The second-order valence-corrected chi connectivity index (χ2v) is 5.28. The molecule has 106 valence electrons. The van der Waals surface area contributed by atoms with Gasteiger partial charge in [0, 0.05) is 17.1 Å². The summed E-state index contributed by atoms with van der Waals surface area (Å²) in [6.07, 6.45) is 1.02. The minimum absolute atomic E-state index is 0.248. The molecule has 5 nitrogen and oxygen atoms in total. The Hall–Kier alpha value is -1.82. The number of nitrogens with zero attached hydrogens (tertiary/aromatic N) is 2. The Kier molecular flexibility index (Phi) is 4.79. The van der Waals surface area contributed by atoms with Gasteiger partial charge in [-0.05, 0) is 40.9 Å². The van der Waals surface area contributed by atoms with Crippen LogP contribution < -0.4 is 16.4 Å². The van der Waals surface area contributed by atoms with Gasteiger partial charge in [0.25, 0.3) is 0 Å². The van der Waals surface area contributed by atoms with Crippen molar-refractivity contribution in [2.45, 2.75) is 20.3 Å². The van der Waals surface area contributed by atoms with Crippen molar-refractivity contribution in [2.75, 3.05) is 22.9 Å². The summed E-state index contributed by atoms with van der Waals surface area (Å²) in [5.74, 6) is 1.64. The maximum atomic E-state index is 5.74. The number of anilines is 4. The van der Waals surface area contributed by atoms with Gasteiger partial charge in [0.1, 0.15) is 11.6 Å². The van der Waals surface area contributed by atoms with Gasteiger partial charge in [-0.1, -0.05) is 19.1 Å². The number of halogens is 1. The Morgan fingerprint density at radius 3 is 2.75 bits per heavy atom. The zero-order valence-electron chi connectivity index (χ0n) is 11.6. The molecule has 1 heterocycles. The van der Waals surface area contributed by atoms with Crippen LogP contribution in [0.4, 0.5) is 23.3 Å². The predicted molar refractivity (Wildman–Crippen MR) is 87.4 cm³/mol. The van der Waals surface area contributed by atoms with E-state index in [0.717, 1.165) is 34.5 Å². The van der Waals surface area contributed by atoms with E-state index in [4.69, 9.17) is 5.73 Å². The minimum atomic E-state index is 0.248. The molecular formula is C14H18BrN5. The molecule has 0 saturated carbocycles. The largest absolute Gasteiger partial charge is 0.370 e. The van der Waals surface area contributed by atoms with Gasteiger partial charge in [0.05, 0.1) is 5.69 Å². The van der Waals surface area contributed by atoms with Crippen molar-refractivity contribution in [1.29, 1.82) is 0 Å². The number of nitrogens with two attached hydrogens (primary N) is 1. The first-order valence-electron chi connectivity index (χ1n) is 6.50. The van der Waals surface area contributed by atoms with Crippen LogP contribution >= 0.6 is 15.9 Å². The van der Waals surface area contributed by atoms with Crippen molar-refractivity contribution < 1.29 is 0 Å². The molecule has 0 aliphatic rings. The first-order chi connectivity index (χ1) is 9.60. The molecule has 0 unspecified atom stereocenters. The normalized spacial score (nSPS) is 10.3. The van der Waals surface area contributed by atoms with E-state index in [1.54, 1.807) is 0 Å². The van der Waals surface area contributed by atoms with Crippen molar-refractivity contribution >= 4 is 39.2 Å². The van der Waals surface area contributed by atoms with Gasteiger partial charge in [-0.2, -0.15) is 9.97 Å². The van der Waals surface area contributed by atoms with Crippen LogP contribution in [0.3, 0.4) is 0 Å². The van der Waals surface area contributed by atoms with E-state index in [9.17, 15) is 0 Å². The van der Waals surface area contributed by atoms with Crippen molar-refractivity contribution in [1.82, 2.24) is 9.97 Å². The molecule has 4 N–H and O–H groups in total. The molecule has 0 bridgehead atoms. The van der Waals surface area contributed by atoms with Gasteiger partial charge in [-0.25, -0.2) is 0 Å². The van der Waals surface area contributed by atoms with Crippen LogP contribution in [0.1, 0.15) is 18.9 Å². The highest BCUT2D eigenvalue weighted by Gasteiger charge is 2.06. The average Bonchev–Trinajstić information content (AvgIpc) is 2.41. The summed E-state index contributed by atoms with van der Waals surface area (Å²) < 4.78 is 1.01. The molecule has 6 heteroatoms. The van der Waals surface area contributed by atoms with Crippen molar-refractivity contribution in [2.24, 2.45) is 0 Å². The summed E-state index contributed by atoms with van der Waals surface area (Å²) in [4.78, 5) is 8.36. The Labute approximate surface area is 127 Å². The average molecular weight is 336 g/mol. The molecule has 0 aliphatic carbocycles. The summed E-state index contributed by atoms with van der Waals surface area (Å²) in [5.41, 5.74) is 7.84. The van der Waals surface area contributed by atoms with Crippen molar-refractivity contribution in [3.8, 4) is 0 Å². The number of hydrogen-bond donors (Lipinski definition) is 3. The standard InChI is InChI=1S/C14H18BrN5/c1-3-7-17-11-8-12(20-14(16)19-11)18-10-6-4-5-9(2)13(10)15/h4-6,8H,3,7H2,1-2H3,(H4,16,17,18,19,20). The van der Waals surface area contributed by atoms with Crippen LogP contribution in [0, 0.1) is 6.92 Å². The monoisotopic (exact) mass is 335 g/mol. The zero-order chi connectivity index (χ0) is 14.5. The quantitative estimate of drug-likeness (QED) is 0.776. The van der Waals surface area contributed by atoms with E-state index in [2.05, 4.69) is 43.5 Å². The van der Waals surface area contributed by atoms with Gasteiger partial charge in [0.2, 0.25) is 5.95 Å². The van der Waals surface area contributed by atoms with Crippen molar-refractivity contribution in [3.63, 3.8) is 0 Å². The first kappa shape index (κ1) is 14.6. The predicted octanol–water partition coefficient (Wildman–Crippen LogP) is 3.70.